The van der Waals surface area contributed by atoms with Crippen LogP contribution in [0.3, 0.4) is 0 Å². The highest BCUT2D eigenvalue weighted by atomic mass is 16.5. The van der Waals surface area contributed by atoms with Crippen molar-refractivity contribution in [2.45, 2.75) is 25.9 Å². The van der Waals surface area contributed by atoms with Crippen molar-refractivity contribution in [2.75, 3.05) is 0 Å². The predicted molar refractivity (Wildman–Crippen MR) is 58.7 cm³/mol. The molecule has 0 saturated carbocycles. The molecule has 0 aromatic heterocycles. The summed E-state index contributed by atoms with van der Waals surface area (Å²) in [5.74, 6) is 0.853. The summed E-state index contributed by atoms with van der Waals surface area (Å²) in [4.78, 5) is 0. The summed E-state index contributed by atoms with van der Waals surface area (Å²) in [5.41, 5.74) is 2.53. The average molecular weight is 199 g/mol. The maximum atomic E-state index is 8.71. The molecule has 2 rings (SSSR count). The van der Waals surface area contributed by atoms with Crippen LogP contribution in [0.25, 0.3) is 0 Å². The topological polar surface area (TPSA) is 33.0 Å². The number of rotatable bonds is 2. The minimum atomic E-state index is -0.387. The Balaban J connectivity index is 2.30. The van der Waals surface area contributed by atoms with Crippen molar-refractivity contribution >= 4 is 0 Å². The first kappa shape index (κ1) is 9.79. The maximum absolute atomic E-state index is 8.71. The number of hydrogen-bond acceptors (Lipinski definition) is 2. The lowest BCUT2D eigenvalue weighted by atomic mass is 9.96. The van der Waals surface area contributed by atoms with Crippen molar-refractivity contribution in [1.82, 2.24) is 0 Å². The number of nitriles is 1. The van der Waals surface area contributed by atoms with Crippen molar-refractivity contribution in [3.05, 3.63) is 41.5 Å². The van der Waals surface area contributed by atoms with Crippen LogP contribution < -0.4 is 4.74 Å². The third-order valence-corrected chi connectivity index (χ3v) is 2.54. The molecule has 15 heavy (non-hydrogen) atoms. The van der Waals surface area contributed by atoms with E-state index < -0.39 is 0 Å². The second kappa shape index (κ2) is 4.18. The van der Waals surface area contributed by atoms with Crippen LogP contribution in [0.5, 0.6) is 5.75 Å². The smallest absolute Gasteiger partial charge is 0.181 e. The second-order valence-corrected chi connectivity index (χ2v) is 3.66. The molecule has 0 bridgehead atoms. The Morgan fingerprint density at radius 3 is 2.93 bits per heavy atom. The minimum absolute atomic E-state index is 0.387. The molecule has 76 valence electrons. The van der Waals surface area contributed by atoms with E-state index in [-0.39, 0.29) is 6.10 Å². The molecule has 0 fully saturated rings. The standard InChI is InChI=1S/C13H13NO/c1-10(9-14)15-13-8-4-6-11-5-2-3-7-12(11)13/h2-4,6,8,10H,5,7H2,1H3. The number of benzene rings is 1. The van der Waals surface area contributed by atoms with Crippen LogP contribution in [0.2, 0.25) is 0 Å². The van der Waals surface area contributed by atoms with Crippen LogP contribution in [0.15, 0.2) is 30.4 Å². The molecule has 1 atom stereocenters. The van der Waals surface area contributed by atoms with Gasteiger partial charge in [0.05, 0.1) is 0 Å². The van der Waals surface area contributed by atoms with Crippen molar-refractivity contribution in [1.29, 1.82) is 5.26 Å². The molecule has 0 radical (unpaired) electrons. The zero-order chi connectivity index (χ0) is 10.7. The largest absolute Gasteiger partial charge is 0.476 e. The number of nitrogens with zero attached hydrogens (tertiary/aromatic N) is 1. The first-order valence-corrected chi connectivity index (χ1v) is 5.13. The van der Waals surface area contributed by atoms with Gasteiger partial charge >= 0.3 is 0 Å². The van der Waals surface area contributed by atoms with Gasteiger partial charge in [0.25, 0.3) is 0 Å². The molecule has 0 aliphatic heterocycles. The van der Waals surface area contributed by atoms with Crippen LogP contribution >= 0.6 is 0 Å². The van der Waals surface area contributed by atoms with Gasteiger partial charge in [-0.15, -0.1) is 0 Å². The van der Waals surface area contributed by atoms with Gasteiger partial charge < -0.3 is 4.74 Å². The molecule has 0 N–H and O–H groups in total. The van der Waals surface area contributed by atoms with E-state index in [9.17, 15) is 0 Å². The Morgan fingerprint density at radius 2 is 2.13 bits per heavy atom. The van der Waals surface area contributed by atoms with E-state index in [0.29, 0.717) is 0 Å². The summed E-state index contributed by atoms with van der Waals surface area (Å²) in [6, 6.07) is 8.11. The predicted octanol–water partition coefficient (Wildman–Crippen LogP) is 2.63. The SMILES string of the molecule is CC(C#N)Oc1cccc2c1CC=CC2. The fraction of sp³-hybridized carbons (Fsp3) is 0.308. The number of fused-ring (bicyclic) bond motifs is 1. The fourth-order valence-electron chi connectivity index (χ4n) is 1.77. The highest BCUT2D eigenvalue weighted by molar-refractivity contribution is 5.44. The van der Waals surface area contributed by atoms with Crippen LogP contribution in [0, 0.1) is 11.3 Å². The minimum Gasteiger partial charge on any atom is -0.476 e. The van der Waals surface area contributed by atoms with Gasteiger partial charge in [0, 0.05) is 5.56 Å². The first-order chi connectivity index (χ1) is 7.31. The average Bonchev–Trinajstić information content (AvgIpc) is 2.29. The zero-order valence-corrected chi connectivity index (χ0v) is 8.73. The van der Waals surface area contributed by atoms with E-state index in [1.54, 1.807) is 6.92 Å². The highest BCUT2D eigenvalue weighted by Gasteiger charge is 2.12. The molecule has 1 aliphatic rings. The number of ether oxygens (including phenoxy) is 1. The number of hydrogen-bond donors (Lipinski definition) is 0. The van der Waals surface area contributed by atoms with Crippen molar-refractivity contribution in [2.24, 2.45) is 0 Å². The molecular formula is C13H13NO. The van der Waals surface area contributed by atoms with E-state index in [0.717, 1.165) is 18.6 Å². The molecule has 0 spiro atoms. The van der Waals surface area contributed by atoms with E-state index >= 15 is 0 Å². The van der Waals surface area contributed by atoms with Crippen molar-refractivity contribution in [3.63, 3.8) is 0 Å². The van der Waals surface area contributed by atoms with E-state index in [4.69, 9.17) is 10.00 Å². The third kappa shape index (κ3) is 2.02. The Kier molecular flexibility index (Phi) is 2.73. The highest BCUT2D eigenvalue weighted by Crippen LogP contribution is 2.27. The summed E-state index contributed by atoms with van der Waals surface area (Å²) < 4.78 is 5.57. The normalized spacial score (nSPS) is 15.2. The van der Waals surface area contributed by atoms with Gasteiger partial charge in [-0.2, -0.15) is 5.26 Å². The van der Waals surface area contributed by atoms with E-state index in [1.165, 1.54) is 11.1 Å². The third-order valence-electron chi connectivity index (χ3n) is 2.54. The summed E-state index contributed by atoms with van der Waals surface area (Å²) in [6.45, 7) is 1.76. The van der Waals surface area contributed by atoms with Gasteiger partial charge in [0.1, 0.15) is 11.8 Å². The van der Waals surface area contributed by atoms with Crippen LogP contribution in [-0.2, 0) is 12.8 Å². The Bertz CT molecular complexity index is 429. The molecule has 1 aromatic carbocycles. The van der Waals surface area contributed by atoms with Gasteiger partial charge in [-0.05, 0) is 31.4 Å². The van der Waals surface area contributed by atoms with Crippen molar-refractivity contribution < 1.29 is 4.74 Å². The molecule has 0 amide bonds. The molecule has 2 nitrogen and oxygen atoms in total. The Morgan fingerprint density at radius 1 is 1.33 bits per heavy atom. The summed E-state index contributed by atoms with van der Waals surface area (Å²) in [6.07, 6.45) is 5.80. The van der Waals surface area contributed by atoms with Crippen molar-refractivity contribution in [3.8, 4) is 11.8 Å². The molecule has 0 saturated heterocycles. The molecule has 1 aromatic rings. The summed E-state index contributed by atoms with van der Waals surface area (Å²) in [7, 11) is 0. The van der Waals surface area contributed by atoms with E-state index in [1.807, 2.05) is 12.1 Å². The molecule has 1 aliphatic carbocycles. The molecule has 2 heteroatoms. The Labute approximate surface area is 89.8 Å². The van der Waals surface area contributed by atoms with Crippen LogP contribution in [-0.4, -0.2) is 6.10 Å². The summed E-state index contributed by atoms with van der Waals surface area (Å²) in [5, 5.41) is 8.71. The van der Waals surface area contributed by atoms with Crippen LogP contribution in [0.1, 0.15) is 18.1 Å². The van der Waals surface area contributed by atoms with Gasteiger partial charge in [0.2, 0.25) is 0 Å². The quantitative estimate of drug-likeness (QED) is 0.686. The van der Waals surface area contributed by atoms with Gasteiger partial charge in [-0.1, -0.05) is 24.3 Å². The lowest BCUT2D eigenvalue weighted by molar-refractivity contribution is 0.273. The van der Waals surface area contributed by atoms with Gasteiger partial charge in [-0.3, -0.25) is 0 Å². The Hall–Kier alpha value is -1.75. The lowest BCUT2D eigenvalue weighted by Gasteiger charge is -2.17. The monoisotopic (exact) mass is 199 g/mol. The van der Waals surface area contributed by atoms with Crippen LogP contribution in [0.4, 0.5) is 0 Å². The molecule has 1 unspecified atom stereocenters. The zero-order valence-electron chi connectivity index (χ0n) is 8.73. The second-order valence-electron chi connectivity index (χ2n) is 3.66. The lowest BCUT2D eigenvalue weighted by Crippen LogP contribution is -2.11. The first-order valence-electron chi connectivity index (χ1n) is 5.13. The van der Waals surface area contributed by atoms with Gasteiger partial charge in [0.15, 0.2) is 6.10 Å². The van der Waals surface area contributed by atoms with Gasteiger partial charge in [-0.25, -0.2) is 0 Å². The molecular weight excluding hydrogens is 186 g/mol. The molecule has 0 heterocycles. The van der Waals surface area contributed by atoms with E-state index in [2.05, 4.69) is 24.3 Å². The number of allylic oxidation sites excluding steroid dienone is 2. The fourth-order valence-corrected chi connectivity index (χ4v) is 1.77. The maximum Gasteiger partial charge on any atom is 0.181 e. The summed E-state index contributed by atoms with van der Waals surface area (Å²) >= 11 is 0.